The van der Waals surface area contributed by atoms with Gasteiger partial charge in [0.1, 0.15) is 16.4 Å². The lowest BCUT2D eigenvalue weighted by Crippen LogP contribution is -2.24. The number of nitrogens with zero attached hydrogens (tertiary/aromatic N) is 2. The molecule has 2 rings (SSSR count). The smallest absolute Gasteiger partial charge is 0.244 e. The number of rotatable bonds is 6. The second kappa shape index (κ2) is 5.51. The van der Waals surface area contributed by atoms with E-state index >= 15 is 0 Å². The molecular formula is C10H14N4O4S. The molecular weight excluding hydrogens is 272 g/mol. The first-order valence-electron chi connectivity index (χ1n) is 5.52. The number of hydrogen-bond donors (Lipinski definition) is 2. The maximum absolute atomic E-state index is 12.1. The minimum atomic E-state index is -3.66. The SMILES string of the molecule is CNCc1cc(S(=O)(=O)NCc2ncon2)c(C)o1. The molecule has 8 nitrogen and oxygen atoms in total. The Morgan fingerprint density at radius 3 is 2.79 bits per heavy atom. The van der Waals surface area contributed by atoms with Crippen LogP contribution in [0.3, 0.4) is 0 Å². The van der Waals surface area contributed by atoms with Gasteiger partial charge in [-0.2, -0.15) is 4.98 Å². The third-order valence-corrected chi connectivity index (χ3v) is 3.90. The minimum absolute atomic E-state index is 0.0369. The Hall–Kier alpha value is -1.71. The fourth-order valence-electron chi connectivity index (χ4n) is 1.56. The Morgan fingerprint density at radius 2 is 2.16 bits per heavy atom. The molecule has 0 aliphatic rings. The lowest BCUT2D eigenvalue weighted by atomic mass is 10.4. The van der Waals surface area contributed by atoms with Gasteiger partial charge in [-0.25, -0.2) is 13.1 Å². The number of aryl methyl sites for hydroxylation is 1. The summed E-state index contributed by atoms with van der Waals surface area (Å²) in [4.78, 5) is 3.84. The first-order valence-corrected chi connectivity index (χ1v) is 7.00. The topological polar surface area (TPSA) is 110 Å². The van der Waals surface area contributed by atoms with Gasteiger partial charge in [0.2, 0.25) is 16.4 Å². The Bertz CT molecular complexity index is 633. The highest BCUT2D eigenvalue weighted by Crippen LogP contribution is 2.19. The molecule has 0 aromatic carbocycles. The van der Waals surface area contributed by atoms with Crippen LogP contribution >= 0.6 is 0 Å². The van der Waals surface area contributed by atoms with Gasteiger partial charge in [-0.05, 0) is 14.0 Å². The van der Waals surface area contributed by atoms with Crippen molar-refractivity contribution in [3.05, 3.63) is 29.8 Å². The van der Waals surface area contributed by atoms with E-state index in [1.54, 1.807) is 14.0 Å². The van der Waals surface area contributed by atoms with Gasteiger partial charge in [-0.3, -0.25) is 0 Å². The molecule has 0 bridgehead atoms. The van der Waals surface area contributed by atoms with E-state index in [-0.39, 0.29) is 17.3 Å². The van der Waals surface area contributed by atoms with Crippen LogP contribution in [-0.4, -0.2) is 25.6 Å². The van der Waals surface area contributed by atoms with E-state index in [2.05, 4.69) is 24.7 Å². The summed E-state index contributed by atoms with van der Waals surface area (Å²) in [6.45, 7) is 2.02. The number of sulfonamides is 1. The van der Waals surface area contributed by atoms with Crippen LogP contribution in [-0.2, 0) is 23.1 Å². The molecule has 0 aliphatic heterocycles. The highest BCUT2D eigenvalue weighted by atomic mass is 32.2. The molecule has 2 aromatic rings. The van der Waals surface area contributed by atoms with Crippen LogP contribution in [0, 0.1) is 6.92 Å². The Morgan fingerprint density at radius 1 is 1.37 bits per heavy atom. The van der Waals surface area contributed by atoms with E-state index in [0.717, 1.165) is 6.39 Å². The zero-order chi connectivity index (χ0) is 13.9. The zero-order valence-electron chi connectivity index (χ0n) is 10.5. The highest BCUT2D eigenvalue weighted by molar-refractivity contribution is 7.89. The van der Waals surface area contributed by atoms with Crippen LogP contribution in [0.5, 0.6) is 0 Å². The Labute approximate surface area is 110 Å². The zero-order valence-corrected chi connectivity index (χ0v) is 11.3. The monoisotopic (exact) mass is 286 g/mol. The number of furan rings is 1. The van der Waals surface area contributed by atoms with Gasteiger partial charge in [0, 0.05) is 6.07 Å². The molecule has 19 heavy (non-hydrogen) atoms. The van der Waals surface area contributed by atoms with Gasteiger partial charge in [0.25, 0.3) is 0 Å². The molecule has 104 valence electrons. The lowest BCUT2D eigenvalue weighted by Gasteiger charge is -2.02. The van der Waals surface area contributed by atoms with Crippen LogP contribution in [0.1, 0.15) is 17.3 Å². The second-order valence-corrected chi connectivity index (χ2v) is 5.57. The number of nitrogens with one attached hydrogen (secondary N) is 2. The van der Waals surface area contributed by atoms with Gasteiger partial charge in [-0.15, -0.1) is 0 Å². The quantitative estimate of drug-likeness (QED) is 0.778. The summed E-state index contributed by atoms with van der Waals surface area (Å²) >= 11 is 0. The van der Waals surface area contributed by atoms with Crippen LogP contribution in [0.4, 0.5) is 0 Å². The molecule has 0 fully saturated rings. The third kappa shape index (κ3) is 3.19. The predicted octanol–water partition coefficient (Wildman–Crippen LogP) is 0.169. The van der Waals surface area contributed by atoms with Crippen molar-refractivity contribution in [3.63, 3.8) is 0 Å². The highest BCUT2D eigenvalue weighted by Gasteiger charge is 2.21. The van der Waals surface area contributed by atoms with Crippen molar-refractivity contribution in [2.45, 2.75) is 24.9 Å². The summed E-state index contributed by atoms with van der Waals surface area (Å²) in [7, 11) is -1.91. The maximum Gasteiger partial charge on any atom is 0.244 e. The molecule has 2 aromatic heterocycles. The molecule has 0 radical (unpaired) electrons. The molecule has 0 atom stereocenters. The molecule has 0 aliphatic carbocycles. The van der Waals surface area contributed by atoms with Crippen molar-refractivity contribution < 1.29 is 17.4 Å². The van der Waals surface area contributed by atoms with E-state index in [1.165, 1.54) is 6.07 Å². The number of hydrogen-bond acceptors (Lipinski definition) is 7. The molecule has 2 N–H and O–H groups in total. The fraction of sp³-hybridized carbons (Fsp3) is 0.400. The summed E-state index contributed by atoms with van der Waals surface area (Å²) in [6, 6.07) is 1.49. The third-order valence-electron chi connectivity index (χ3n) is 2.39. The van der Waals surface area contributed by atoms with Crippen LogP contribution in [0.25, 0.3) is 0 Å². The average molecular weight is 286 g/mol. The van der Waals surface area contributed by atoms with Crippen LogP contribution < -0.4 is 10.0 Å². The van der Waals surface area contributed by atoms with Crippen LogP contribution in [0.15, 0.2) is 26.3 Å². The second-order valence-electron chi connectivity index (χ2n) is 3.84. The molecule has 0 saturated heterocycles. The van der Waals surface area contributed by atoms with Gasteiger partial charge < -0.3 is 14.3 Å². The van der Waals surface area contributed by atoms with E-state index < -0.39 is 10.0 Å². The van der Waals surface area contributed by atoms with E-state index in [4.69, 9.17) is 4.42 Å². The minimum Gasteiger partial charge on any atom is -0.464 e. The summed E-state index contributed by atoms with van der Waals surface area (Å²) in [5.41, 5.74) is 0. The van der Waals surface area contributed by atoms with Gasteiger partial charge in [0.05, 0.1) is 13.1 Å². The molecule has 0 unspecified atom stereocenters. The Balaban J connectivity index is 2.14. The molecule has 2 heterocycles. The van der Waals surface area contributed by atoms with Crippen molar-refractivity contribution in [2.24, 2.45) is 0 Å². The Kier molecular flexibility index (Phi) is 3.98. The summed E-state index contributed by atoms with van der Waals surface area (Å²) < 4.78 is 36.4. The van der Waals surface area contributed by atoms with Crippen molar-refractivity contribution >= 4 is 10.0 Å². The van der Waals surface area contributed by atoms with E-state index in [9.17, 15) is 8.42 Å². The predicted molar refractivity (Wildman–Crippen MR) is 64.5 cm³/mol. The van der Waals surface area contributed by atoms with Gasteiger partial charge in [-0.1, -0.05) is 5.16 Å². The van der Waals surface area contributed by atoms with Crippen molar-refractivity contribution in [2.75, 3.05) is 7.05 Å². The molecule has 9 heteroatoms. The summed E-state index contributed by atoms with van der Waals surface area (Å²) in [6.07, 6.45) is 1.14. The average Bonchev–Trinajstić information content (AvgIpc) is 2.97. The van der Waals surface area contributed by atoms with E-state index in [1.807, 2.05) is 0 Å². The molecule has 0 spiro atoms. The van der Waals surface area contributed by atoms with Crippen molar-refractivity contribution in [1.29, 1.82) is 0 Å². The molecule has 0 amide bonds. The normalized spacial score (nSPS) is 11.9. The maximum atomic E-state index is 12.1. The van der Waals surface area contributed by atoms with Gasteiger partial charge in [0.15, 0.2) is 5.82 Å². The van der Waals surface area contributed by atoms with Crippen molar-refractivity contribution in [3.8, 4) is 0 Å². The largest absolute Gasteiger partial charge is 0.464 e. The standard InChI is InChI=1S/C10H14N4O4S/c1-7-9(3-8(18-7)4-11-2)19(15,16)13-5-10-12-6-17-14-10/h3,6,11,13H,4-5H2,1-2H3. The summed E-state index contributed by atoms with van der Waals surface area (Å²) in [5, 5.41) is 6.41. The molecule has 0 saturated carbocycles. The first-order chi connectivity index (χ1) is 9.03. The summed E-state index contributed by atoms with van der Waals surface area (Å²) in [5.74, 6) is 1.16. The first kappa shape index (κ1) is 13.7. The van der Waals surface area contributed by atoms with Crippen LogP contribution in [0.2, 0.25) is 0 Å². The fourth-order valence-corrected chi connectivity index (χ4v) is 2.74. The van der Waals surface area contributed by atoms with E-state index in [0.29, 0.717) is 18.1 Å². The number of aromatic nitrogens is 2. The lowest BCUT2D eigenvalue weighted by molar-refractivity contribution is 0.409. The van der Waals surface area contributed by atoms with Gasteiger partial charge >= 0.3 is 0 Å². The van der Waals surface area contributed by atoms with Crippen molar-refractivity contribution in [1.82, 2.24) is 20.2 Å².